The predicted molar refractivity (Wildman–Crippen MR) is 174 cm³/mol. The third-order valence-corrected chi connectivity index (χ3v) is 8.85. The molecule has 0 spiro atoms. The first-order chi connectivity index (χ1) is 20.8. The van der Waals surface area contributed by atoms with Crippen molar-refractivity contribution < 1.29 is 0 Å². The van der Waals surface area contributed by atoms with Gasteiger partial charge in [0, 0.05) is 21.5 Å². The lowest BCUT2D eigenvalue weighted by Gasteiger charge is -2.13. The Morgan fingerprint density at radius 3 is 1.21 bits per heavy atom. The van der Waals surface area contributed by atoms with Crippen molar-refractivity contribution in [2.75, 3.05) is 0 Å². The van der Waals surface area contributed by atoms with Crippen molar-refractivity contribution in [3.8, 4) is 11.1 Å². The minimum atomic E-state index is 1.00. The van der Waals surface area contributed by atoms with Gasteiger partial charge >= 0.3 is 0 Å². The van der Waals surface area contributed by atoms with E-state index in [-0.39, 0.29) is 0 Å². The van der Waals surface area contributed by atoms with Crippen LogP contribution in [0.5, 0.6) is 0 Å². The van der Waals surface area contributed by atoms with E-state index >= 15 is 0 Å². The molecule has 4 heteroatoms. The standard InChI is InChI=1S/C38H22N4/c1-3-11-27-25(9-1)29-21-23(17-19-33(29)41-35-15-7-5-13-31(35)39-37(27)41)24-18-20-34-30(22-24)26-10-2-4-12-28(26)38-40-32-14-6-8-16-36(32)42(34)38/h1-22H. The number of fused-ring (bicyclic) bond motifs is 16. The number of aromatic nitrogens is 4. The van der Waals surface area contributed by atoms with Crippen molar-refractivity contribution in [3.63, 3.8) is 0 Å². The van der Waals surface area contributed by atoms with Crippen LogP contribution < -0.4 is 0 Å². The molecule has 0 aliphatic carbocycles. The van der Waals surface area contributed by atoms with Crippen LogP contribution in [0.3, 0.4) is 0 Å². The molecule has 0 bridgehead atoms. The van der Waals surface area contributed by atoms with Crippen LogP contribution >= 0.6 is 0 Å². The first-order valence-corrected chi connectivity index (χ1v) is 14.3. The zero-order chi connectivity index (χ0) is 27.4. The topological polar surface area (TPSA) is 34.6 Å². The maximum atomic E-state index is 5.03. The van der Waals surface area contributed by atoms with E-state index in [0.717, 1.165) is 44.1 Å². The maximum absolute atomic E-state index is 5.03. The highest BCUT2D eigenvalue weighted by Crippen LogP contribution is 2.37. The summed E-state index contributed by atoms with van der Waals surface area (Å²) in [5, 5.41) is 7.21. The van der Waals surface area contributed by atoms with E-state index in [1.54, 1.807) is 0 Å². The molecular weight excluding hydrogens is 512 g/mol. The van der Waals surface area contributed by atoms with Gasteiger partial charge in [-0.3, -0.25) is 8.80 Å². The summed E-state index contributed by atoms with van der Waals surface area (Å²) in [7, 11) is 0. The highest BCUT2D eigenvalue weighted by atomic mass is 15.0. The molecule has 4 aromatic heterocycles. The fourth-order valence-corrected chi connectivity index (χ4v) is 6.98. The molecule has 0 saturated heterocycles. The van der Waals surface area contributed by atoms with Crippen LogP contribution in [-0.2, 0) is 0 Å². The van der Waals surface area contributed by atoms with Crippen LogP contribution in [0.1, 0.15) is 0 Å². The number of para-hydroxylation sites is 4. The monoisotopic (exact) mass is 534 g/mol. The molecule has 6 aromatic carbocycles. The lowest BCUT2D eigenvalue weighted by molar-refractivity contribution is 1.31. The molecule has 4 nitrogen and oxygen atoms in total. The van der Waals surface area contributed by atoms with Gasteiger partial charge in [-0.1, -0.05) is 84.9 Å². The van der Waals surface area contributed by atoms with Crippen molar-refractivity contribution in [1.29, 1.82) is 0 Å². The van der Waals surface area contributed by atoms with Gasteiger partial charge in [-0.25, -0.2) is 9.97 Å². The molecule has 0 atom stereocenters. The summed E-state index contributed by atoms with van der Waals surface area (Å²) in [4.78, 5) is 10.1. The Morgan fingerprint density at radius 2 is 0.738 bits per heavy atom. The summed E-state index contributed by atoms with van der Waals surface area (Å²) >= 11 is 0. The van der Waals surface area contributed by atoms with Crippen LogP contribution in [0.4, 0.5) is 0 Å². The van der Waals surface area contributed by atoms with Crippen molar-refractivity contribution in [2.45, 2.75) is 0 Å². The fraction of sp³-hybridized carbons (Fsp3) is 0. The molecule has 4 heterocycles. The van der Waals surface area contributed by atoms with Gasteiger partial charge in [-0.05, 0) is 70.4 Å². The number of hydrogen-bond donors (Lipinski definition) is 0. The average Bonchev–Trinajstić information content (AvgIpc) is 3.64. The van der Waals surface area contributed by atoms with Crippen molar-refractivity contribution >= 4 is 76.7 Å². The highest BCUT2D eigenvalue weighted by molar-refractivity contribution is 6.16. The lowest BCUT2D eigenvalue weighted by Crippen LogP contribution is -1.93. The summed E-state index contributed by atoms with van der Waals surface area (Å²) in [5.41, 5.74) is 11.0. The van der Waals surface area contributed by atoms with Crippen molar-refractivity contribution in [2.24, 2.45) is 0 Å². The van der Waals surface area contributed by atoms with Gasteiger partial charge in [0.25, 0.3) is 0 Å². The smallest absolute Gasteiger partial charge is 0.146 e. The minimum Gasteiger partial charge on any atom is -0.292 e. The average molecular weight is 535 g/mol. The Morgan fingerprint density at radius 1 is 0.333 bits per heavy atom. The quantitative estimate of drug-likeness (QED) is 0.197. The third kappa shape index (κ3) is 2.80. The lowest BCUT2D eigenvalue weighted by atomic mass is 9.97. The molecule has 42 heavy (non-hydrogen) atoms. The molecule has 0 amide bonds. The first kappa shape index (κ1) is 22.0. The third-order valence-electron chi connectivity index (χ3n) is 8.85. The number of nitrogens with zero attached hydrogens (tertiary/aromatic N) is 4. The SMILES string of the molecule is c1ccc2c(c1)nc1c3ccccc3c3cc(-c4ccc5c(c4)c4ccccc4c4nc6ccccc6n54)ccc3n21. The van der Waals surface area contributed by atoms with E-state index in [0.29, 0.717) is 0 Å². The predicted octanol–water partition coefficient (Wildman–Crippen LogP) is 9.57. The molecule has 0 N–H and O–H groups in total. The number of imidazole rings is 2. The van der Waals surface area contributed by atoms with E-state index in [4.69, 9.17) is 9.97 Å². The second-order valence-electron chi connectivity index (χ2n) is 11.1. The molecule has 0 saturated carbocycles. The van der Waals surface area contributed by atoms with Crippen LogP contribution in [0.15, 0.2) is 133 Å². The fourth-order valence-electron chi connectivity index (χ4n) is 6.98. The summed E-state index contributed by atoms with van der Waals surface area (Å²) in [6.45, 7) is 0. The molecule has 0 fully saturated rings. The van der Waals surface area contributed by atoms with Crippen LogP contribution in [0.2, 0.25) is 0 Å². The van der Waals surface area contributed by atoms with Gasteiger partial charge in [0.05, 0.1) is 33.1 Å². The van der Waals surface area contributed by atoms with Gasteiger partial charge in [-0.2, -0.15) is 0 Å². The summed E-state index contributed by atoms with van der Waals surface area (Å²) in [6.07, 6.45) is 0. The van der Waals surface area contributed by atoms with E-state index in [2.05, 4.69) is 142 Å². The molecule has 0 aliphatic heterocycles. The molecule has 0 radical (unpaired) electrons. The second-order valence-corrected chi connectivity index (χ2v) is 11.1. The van der Waals surface area contributed by atoms with E-state index < -0.39 is 0 Å². The Hall–Kier alpha value is -5.74. The minimum absolute atomic E-state index is 1.00. The zero-order valence-electron chi connectivity index (χ0n) is 22.5. The van der Waals surface area contributed by atoms with Crippen LogP contribution in [0.25, 0.3) is 87.8 Å². The molecule has 10 rings (SSSR count). The summed E-state index contributed by atoms with van der Waals surface area (Å²) in [6, 6.07) is 47.8. The summed E-state index contributed by atoms with van der Waals surface area (Å²) < 4.78 is 4.62. The van der Waals surface area contributed by atoms with E-state index in [9.17, 15) is 0 Å². The Bertz CT molecular complexity index is 2560. The number of benzene rings is 6. The number of hydrogen-bond acceptors (Lipinski definition) is 2. The van der Waals surface area contributed by atoms with Gasteiger partial charge in [0.1, 0.15) is 11.3 Å². The largest absolute Gasteiger partial charge is 0.292 e. The highest BCUT2D eigenvalue weighted by Gasteiger charge is 2.16. The normalized spacial score (nSPS) is 12.3. The number of rotatable bonds is 1. The van der Waals surface area contributed by atoms with Gasteiger partial charge in [0.2, 0.25) is 0 Å². The second kappa shape index (κ2) is 7.93. The van der Waals surface area contributed by atoms with Crippen LogP contribution in [-0.4, -0.2) is 18.8 Å². The zero-order valence-corrected chi connectivity index (χ0v) is 22.5. The van der Waals surface area contributed by atoms with Crippen LogP contribution in [0, 0.1) is 0 Å². The van der Waals surface area contributed by atoms with Gasteiger partial charge in [-0.15, -0.1) is 0 Å². The van der Waals surface area contributed by atoms with Gasteiger partial charge < -0.3 is 0 Å². The van der Waals surface area contributed by atoms with Crippen molar-refractivity contribution in [3.05, 3.63) is 133 Å². The van der Waals surface area contributed by atoms with Crippen molar-refractivity contribution in [1.82, 2.24) is 18.8 Å². The Kier molecular flexibility index (Phi) is 4.15. The number of pyridine rings is 2. The molecular formula is C38H22N4. The Balaban J connectivity index is 1.30. The molecule has 0 aliphatic rings. The van der Waals surface area contributed by atoms with E-state index in [1.807, 2.05) is 0 Å². The van der Waals surface area contributed by atoms with E-state index in [1.165, 1.54) is 43.7 Å². The molecule has 0 unspecified atom stereocenters. The Labute approximate surface area is 239 Å². The maximum Gasteiger partial charge on any atom is 0.146 e. The molecule has 10 aromatic rings. The van der Waals surface area contributed by atoms with Gasteiger partial charge in [0.15, 0.2) is 0 Å². The first-order valence-electron chi connectivity index (χ1n) is 14.3. The summed E-state index contributed by atoms with van der Waals surface area (Å²) in [5.74, 6) is 0. The molecule has 194 valence electrons.